The zero-order chi connectivity index (χ0) is 11.7. The number of rotatable bonds is 0. The summed E-state index contributed by atoms with van der Waals surface area (Å²) in [4.78, 5) is 12.2. The normalized spacial score (nSPS) is 26.3. The van der Waals surface area contributed by atoms with Crippen molar-refractivity contribution in [2.24, 2.45) is 5.41 Å². The molecule has 2 aliphatic heterocycles. The summed E-state index contributed by atoms with van der Waals surface area (Å²) in [5, 5.41) is 6.44. The Bertz CT molecular complexity index is 449. The van der Waals surface area contributed by atoms with Crippen LogP contribution in [-0.4, -0.2) is 19.0 Å². The van der Waals surface area contributed by atoms with Gasteiger partial charge >= 0.3 is 0 Å². The van der Waals surface area contributed by atoms with Crippen LogP contribution < -0.4 is 10.6 Å². The number of anilines is 1. The minimum Gasteiger partial charge on any atom is -0.406 e. The number of fused-ring (bicyclic) bond motifs is 1. The quantitative estimate of drug-likeness (QED) is 0.711. The Morgan fingerprint density at radius 3 is 2.94 bits per heavy atom. The van der Waals surface area contributed by atoms with Gasteiger partial charge in [0.2, 0.25) is 5.91 Å². The molecule has 1 amide bonds. The molecule has 1 unspecified atom stereocenters. The van der Waals surface area contributed by atoms with Crippen LogP contribution in [0, 0.1) is 11.5 Å². The van der Waals surface area contributed by atoms with Crippen molar-refractivity contribution in [2.45, 2.75) is 25.7 Å². The molecule has 1 radical (unpaired) electrons. The van der Waals surface area contributed by atoms with Crippen molar-refractivity contribution in [2.75, 3.05) is 18.4 Å². The Kier molecular flexibility index (Phi) is 4.03. The first-order valence-electron chi connectivity index (χ1n) is 6.31. The molecule has 1 aromatic carbocycles. The number of piperidine rings is 1. The topological polar surface area (TPSA) is 41.1 Å². The molecule has 4 heteroatoms. The van der Waals surface area contributed by atoms with E-state index in [0.717, 1.165) is 38.8 Å². The van der Waals surface area contributed by atoms with Crippen molar-refractivity contribution in [3.05, 3.63) is 29.8 Å². The second kappa shape index (κ2) is 5.37. The minimum absolute atomic E-state index is 0. The number of amides is 1. The fraction of sp³-hybridized carbons (Fsp3) is 0.500. The molecule has 0 aliphatic carbocycles. The van der Waals surface area contributed by atoms with Gasteiger partial charge in [0, 0.05) is 37.1 Å². The molecular formula is C14H17N2OV-. The van der Waals surface area contributed by atoms with Crippen molar-refractivity contribution in [3.63, 3.8) is 0 Å². The van der Waals surface area contributed by atoms with Gasteiger partial charge in [0.05, 0.1) is 0 Å². The molecule has 1 atom stereocenters. The number of carbonyl (C=O) groups is 1. The summed E-state index contributed by atoms with van der Waals surface area (Å²) in [5.41, 5.74) is 2.20. The van der Waals surface area contributed by atoms with Crippen molar-refractivity contribution >= 4 is 11.6 Å². The zero-order valence-corrected chi connectivity index (χ0v) is 11.7. The molecule has 95 valence electrons. The van der Waals surface area contributed by atoms with E-state index in [4.69, 9.17) is 0 Å². The van der Waals surface area contributed by atoms with Crippen molar-refractivity contribution in [3.8, 4) is 0 Å². The van der Waals surface area contributed by atoms with E-state index in [-0.39, 0.29) is 29.9 Å². The van der Waals surface area contributed by atoms with Gasteiger partial charge in [0.1, 0.15) is 0 Å². The van der Waals surface area contributed by atoms with Crippen LogP contribution in [0.2, 0.25) is 0 Å². The summed E-state index contributed by atoms with van der Waals surface area (Å²) in [5.74, 6) is 0.238. The molecular weight excluding hydrogens is 263 g/mol. The van der Waals surface area contributed by atoms with Gasteiger partial charge in [-0.15, -0.1) is 11.6 Å². The Morgan fingerprint density at radius 2 is 2.11 bits per heavy atom. The number of carbonyl (C=O) groups excluding carboxylic acids is 1. The van der Waals surface area contributed by atoms with Gasteiger partial charge in [-0.05, 0) is 19.3 Å². The molecule has 1 saturated heterocycles. The van der Waals surface area contributed by atoms with Crippen LogP contribution in [0.15, 0.2) is 18.2 Å². The smallest absolute Gasteiger partial charge is 0.225 e. The molecule has 18 heavy (non-hydrogen) atoms. The van der Waals surface area contributed by atoms with E-state index >= 15 is 0 Å². The summed E-state index contributed by atoms with van der Waals surface area (Å²) < 4.78 is 0. The minimum atomic E-state index is -0.189. The van der Waals surface area contributed by atoms with Gasteiger partial charge in [0.15, 0.2) is 0 Å². The fourth-order valence-electron chi connectivity index (χ4n) is 3.01. The van der Waals surface area contributed by atoms with Crippen LogP contribution in [0.3, 0.4) is 0 Å². The van der Waals surface area contributed by atoms with Gasteiger partial charge in [0.25, 0.3) is 0 Å². The van der Waals surface area contributed by atoms with Crippen LogP contribution in [0.25, 0.3) is 0 Å². The van der Waals surface area contributed by atoms with Crippen molar-refractivity contribution in [1.82, 2.24) is 5.32 Å². The third-order valence-electron chi connectivity index (χ3n) is 4.00. The Hall–Kier alpha value is -0.926. The van der Waals surface area contributed by atoms with Gasteiger partial charge in [-0.3, -0.25) is 4.79 Å². The maximum absolute atomic E-state index is 12.2. The van der Waals surface area contributed by atoms with E-state index in [1.807, 2.05) is 12.1 Å². The molecule has 0 bridgehead atoms. The summed E-state index contributed by atoms with van der Waals surface area (Å²) in [7, 11) is 0. The average Bonchev–Trinajstić information content (AvgIpc) is 2.53. The summed E-state index contributed by atoms with van der Waals surface area (Å²) in [6.07, 6.45) is 3.87. The molecule has 3 rings (SSSR count). The Balaban J connectivity index is 0.00000120. The van der Waals surface area contributed by atoms with Crippen LogP contribution in [0.1, 0.15) is 24.8 Å². The molecule has 1 spiro atoms. The van der Waals surface area contributed by atoms with E-state index < -0.39 is 0 Å². The predicted molar refractivity (Wildman–Crippen MR) is 66.8 cm³/mol. The third kappa shape index (κ3) is 2.29. The summed E-state index contributed by atoms with van der Waals surface area (Å²) in [6.45, 7) is 1.71. The van der Waals surface area contributed by atoms with Gasteiger partial charge in [-0.1, -0.05) is 12.1 Å². The maximum atomic E-state index is 12.2. The predicted octanol–water partition coefficient (Wildman–Crippen LogP) is 1.74. The van der Waals surface area contributed by atoms with Crippen molar-refractivity contribution in [1.29, 1.82) is 0 Å². The van der Waals surface area contributed by atoms with E-state index in [0.29, 0.717) is 0 Å². The monoisotopic (exact) mass is 280 g/mol. The largest absolute Gasteiger partial charge is 0.406 e. The molecule has 0 aromatic heterocycles. The average molecular weight is 280 g/mol. The van der Waals surface area contributed by atoms with E-state index in [9.17, 15) is 4.79 Å². The molecule has 2 N–H and O–H groups in total. The second-order valence-electron chi connectivity index (χ2n) is 5.08. The van der Waals surface area contributed by atoms with Gasteiger partial charge < -0.3 is 10.6 Å². The molecule has 2 heterocycles. The second-order valence-corrected chi connectivity index (χ2v) is 5.08. The van der Waals surface area contributed by atoms with Crippen LogP contribution in [-0.2, 0) is 29.8 Å². The number of hydrogen-bond acceptors (Lipinski definition) is 2. The summed E-state index contributed by atoms with van der Waals surface area (Å²) in [6, 6.07) is 9.10. The third-order valence-corrected chi connectivity index (χ3v) is 4.00. The van der Waals surface area contributed by atoms with Gasteiger partial charge in [-0.2, -0.15) is 18.2 Å². The first-order chi connectivity index (χ1) is 8.30. The standard InChI is InChI=1S/C14H17N2O.V/c17-13-14(6-3-8-16-13)7-9-15-12-5-2-1-4-11(12)10-14;/h2,4-5,15H,3,6-10H2,(H,16,17);/q-1;. The van der Waals surface area contributed by atoms with E-state index in [2.05, 4.69) is 22.8 Å². The fourth-order valence-corrected chi connectivity index (χ4v) is 3.01. The SMILES string of the molecule is O=C1NCCCC12CCNc1cc[c-]cc1C2.[V]. The van der Waals surface area contributed by atoms with E-state index in [1.54, 1.807) is 0 Å². The molecule has 2 aliphatic rings. The first-order valence-corrected chi connectivity index (χ1v) is 6.31. The Labute approximate surface area is 120 Å². The van der Waals surface area contributed by atoms with Gasteiger partial charge in [-0.25, -0.2) is 0 Å². The molecule has 1 fully saturated rings. The molecule has 0 saturated carbocycles. The number of hydrogen-bond donors (Lipinski definition) is 2. The maximum Gasteiger partial charge on any atom is 0.225 e. The van der Waals surface area contributed by atoms with Crippen LogP contribution >= 0.6 is 0 Å². The molecule has 1 aromatic rings. The number of nitrogens with one attached hydrogen (secondary N) is 2. The zero-order valence-electron chi connectivity index (χ0n) is 10.3. The summed E-state index contributed by atoms with van der Waals surface area (Å²) >= 11 is 0. The van der Waals surface area contributed by atoms with Crippen LogP contribution in [0.4, 0.5) is 5.69 Å². The van der Waals surface area contributed by atoms with E-state index in [1.165, 1.54) is 11.3 Å². The number of benzene rings is 1. The van der Waals surface area contributed by atoms with Crippen molar-refractivity contribution < 1.29 is 23.4 Å². The first kappa shape index (κ1) is 13.5. The Morgan fingerprint density at radius 1 is 1.22 bits per heavy atom. The van der Waals surface area contributed by atoms with Crippen LogP contribution in [0.5, 0.6) is 0 Å². The molecule has 3 nitrogen and oxygen atoms in total.